The fourth-order valence-corrected chi connectivity index (χ4v) is 2.59. The van der Waals surface area contributed by atoms with Crippen molar-refractivity contribution in [1.29, 1.82) is 0 Å². The zero-order valence-electron chi connectivity index (χ0n) is 5.53. The molecule has 3 rings (SSSR count). The van der Waals surface area contributed by atoms with Gasteiger partial charge in [0.25, 0.3) is 0 Å². The Labute approximate surface area is 64.0 Å². The van der Waals surface area contributed by atoms with Gasteiger partial charge in [0.15, 0.2) is 0 Å². The molecule has 2 aliphatic heterocycles. The summed E-state index contributed by atoms with van der Waals surface area (Å²) in [6, 6.07) is 0. The fourth-order valence-electron chi connectivity index (χ4n) is 1.44. The number of thioether (sulfide) groups is 1. The maximum absolute atomic E-state index is 8.55. The fraction of sp³-hybridized carbons (Fsp3) is 0.571. The molecule has 54 valence electrons. The normalized spacial score (nSPS) is 41.0. The molecule has 0 aromatic carbocycles. The van der Waals surface area contributed by atoms with Crippen LogP contribution in [0.15, 0.2) is 17.3 Å². The smallest absolute Gasteiger partial charge is 0.120 e. The standard InChI is InChI=1S/C7H9NOS/c9-8-7-5-1-3-6(10-7)4-2-5/h1,3,5-6,9H,2,4H2/b8-7+. The summed E-state index contributed by atoms with van der Waals surface area (Å²) in [6.45, 7) is 0. The lowest BCUT2D eigenvalue weighted by Gasteiger charge is -2.29. The molecule has 10 heavy (non-hydrogen) atoms. The molecular weight excluding hydrogens is 146 g/mol. The van der Waals surface area contributed by atoms with Crippen LogP contribution in [-0.2, 0) is 0 Å². The van der Waals surface area contributed by atoms with Crippen molar-refractivity contribution >= 4 is 16.8 Å². The number of nitrogens with zero attached hydrogens (tertiary/aromatic N) is 1. The SMILES string of the molecule is O/N=C1/SC2C=CC1CC2. The first-order chi connectivity index (χ1) is 4.90. The van der Waals surface area contributed by atoms with Crippen molar-refractivity contribution in [2.24, 2.45) is 11.1 Å². The van der Waals surface area contributed by atoms with E-state index in [1.165, 1.54) is 6.42 Å². The van der Waals surface area contributed by atoms with Crippen molar-refractivity contribution in [2.45, 2.75) is 18.1 Å². The molecule has 1 fully saturated rings. The Bertz CT molecular complexity index is 200. The van der Waals surface area contributed by atoms with Crippen molar-refractivity contribution < 1.29 is 5.21 Å². The van der Waals surface area contributed by atoms with Crippen molar-refractivity contribution in [3.8, 4) is 0 Å². The molecule has 3 heteroatoms. The molecule has 1 aliphatic carbocycles. The largest absolute Gasteiger partial charge is 0.410 e. The second-order valence-corrected chi connectivity index (χ2v) is 3.92. The van der Waals surface area contributed by atoms with E-state index < -0.39 is 0 Å². The third kappa shape index (κ3) is 0.850. The minimum atomic E-state index is 0.417. The monoisotopic (exact) mass is 155 g/mol. The second-order valence-electron chi connectivity index (χ2n) is 2.66. The maximum Gasteiger partial charge on any atom is 0.120 e. The number of oxime groups is 1. The summed E-state index contributed by atoms with van der Waals surface area (Å²) in [7, 11) is 0. The summed E-state index contributed by atoms with van der Waals surface area (Å²) in [5, 5.41) is 13.3. The first-order valence-corrected chi connectivity index (χ1v) is 4.35. The molecule has 0 amide bonds. The molecule has 3 aliphatic rings. The van der Waals surface area contributed by atoms with E-state index in [4.69, 9.17) is 5.21 Å². The van der Waals surface area contributed by atoms with Crippen LogP contribution in [0.3, 0.4) is 0 Å². The van der Waals surface area contributed by atoms with Crippen LogP contribution < -0.4 is 0 Å². The molecule has 2 unspecified atom stereocenters. The Morgan fingerprint density at radius 1 is 1.50 bits per heavy atom. The van der Waals surface area contributed by atoms with Crippen molar-refractivity contribution in [1.82, 2.24) is 0 Å². The van der Waals surface area contributed by atoms with Gasteiger partial charge in [-0.15, -0.1) is 0 Å². The van der Waals surface area contributed by atoms with Crippen LogP contribution in [0.1, 0.15) is 12.8 Å². The first kappa shape index (κ1) is 6.28. The summed E-state index contributed by atoms with van der Waals surface area (Å²) < 4.78 is 0. The average Bonchev–Trinajstić information content (AvgIpc) is 2.06. The van der Waals surface area contributed by atoms with Gasteiger partial charge in [0.05, 0.1) is 0 Å². The Balaban J connectivity index is 2.27. The van der Waals surface area contributed by atoms with Crippen LogP contribution in [-0.4, -0.2) is 15.5 Å². The Kier molecular flexibility index (Phi) is 1.45. The van der Waals surface area contributed by atoms with Gasteiger partial charge in [-0.3, -0.25) is 0 Å². The Morgan fingerprint density at radius 3 is 2.70 bits per heavy atom. The molecule has 1 saturated heterocycles. The van der Waals surface area contributed by atoms with Gasteiger partial charge in [-0.1, -0.05) is 29.1 Å². The number of allylic oxidation sites excluding steroid dienone is 1. The minimum absolute atomic E-state index is 0.417. The van der Waals surface area contributed by atoms with Gasteiger partial charge in [0, 0.05) is 11.2 Å². The van der Waals surface area contributed by atoms with E-state index in [9.17, 15) is 0 Å². The lowest BCUT2D eigenvalue weighted by molar-refractivity contribution is 0.317. The summed E-state index contributed by atoms with van der Waals surface area (Å²) in [6.07, 6.45) is 6.77. The van der Waals surface area contributed by atoms with E-state index in [0.29, 0.717) is 11.2 Å². The van der Waals surface area contributed by atoms with Crippen LogP contribution in [0.2, 0.25) is 0 Å². The van der Waals surface area contributed by atoms with E-state index >= 15 is 0 Å². The maximum atomic E-state index is 8.55. The lowest BCUT2D eigenvalue weighted by atomic mass is 9.96. The number of hydrogen-bond donors (Lipinski definition) is 1. The van der Waals surface area contributed by atoms with Crippen molar-refractivity contribution in [3.63, 3.8) is 0 Å². The van der Waals surface area contributed by atoms with Gasteiger partial charge in [0.2, 0.25) is 0 Å². The molecule has 2 nitrogen and oxygen atoms in total. The van der Waals surface area contributed by atoms with Gasteiger partial charge in [-0.25, -0.2) is 0 Å². The highest BCUT2D eigenvalue weighted by Crippen LogP contribution is 2.37. The molecule has 1 N–H and O–H groups in total. The highest BCUT2D eigenvalue weighted by atomic mass is 32.2. The molecule has 0 spiro atoms. The molecule has 2 bridgehead atoms. The number of hydrogen-bond acceptors (Lipinski definition) is 3. The predicted octanol–water partition coefficient (Wildman–Crippen LogP) is 1.86. The quantitative estimate of drug-likeness (QED) is 0.329. The zero-order valence-corrected chi connectivity index (χ0v) is 6.34. The molecule has 0 aromatic rings. The van der Waals surface area contributed by atoms with Gasteiger partial charge in [-0.05, 0) is 12.8 Å². The van der Waals surface area contributed by atoms with Gasteiger partial charge in [-0.2, -0.15) is 0 Å². The minimum Gasteiger partial charge on any atom is -0.410 e. The highest BCUT2D eigenvalue weighted by Gasteiger charge is 2.29. The molecular formula is C7H9NOS. The summed E-state index contributed by atoms with van der Waals surface area (Å²) in [5.74, 6) is 0.417. The Morgan fingerprint density at radius 2 is 2.40 bits per heavy atom. The van der Waals surface area contributed by atoms with Crippen LogP contribution in [0, 0.1) is 5.92 Å². The lowest BCUT2D eigenvalue weighted by Crippen LogP contribution is -2.25. The average molecular weight is 155 g/mol. The number of fused-ring (bicyclic) bond motifs is 2. The topological polar surface area (TPSA) is 32.6 Å². The third-order valence-corrected chi connectivity index (χ3v) is 3.33. The van der Waals surface area contributed by atoms with Gasteiger partial charge < -0.3 is 5.21 Å². The predicted molar refractivity (Wildman–Crippen MR) is 42.5 cm³/mol. The summed E-state index contributed by atoms with van der Waals surface area (Å²) >= 11 is 1.69. The van der Waals surface area contributed by atoms with E-state index in [1.807, 2.05) is 0 Å². The molecule has 2 atom stereocenters. The van der Waals surface area contributed by atoms with Crippen LogP contribution in [0.5, 0.6) is 0 Å². The molecule has 0 saturated carbocycles. The third-order valence-electron chi connectivity index (χ3n) is 2.01. The molecule has 0 aromatic heterocycles. The van der Waals surface area contributed by atoms with Crippen LogP contribution in [0.25, 0.3) is 0 Å². The second kappa shape index (κ2) is 2.31. The van der Waals surface area contributed by atoms with Crippen molar-refractivity contribution in [2.75, 3.05) is 0 Å². The summed E-state index contributed by atoms with van der Waals surface area (Å²) in [5.41, 5.74) is 0. The van der Waals surface area contributed by atoms with Crippen LogP contribution >= 0.6 is 11.8 Å². The molecule has 2 heterocycles. The van der Waals surface area contributed by atoms with E-state index in [1.54, 1.807) is 11.8 Å². The summed E-state index contributed by atoms with van der Waals surface area (Å²) in [4.78, 5) is 0. The van der Waals surface area contributed by atoms with E-state index in [2.05, 4.69) is 17.3 Å². The van der Waals surface area contributed by atoms with Crippen molar-refractivity contribution in [3.05, 3.63) is 12.2 Å². The zero-order chi connectivity index (χ0) is 6.97. The first-order valence-electron chi connectivity index (χ1n) is 3.47. The van der Waals surface area contributed by atoms with E-state index in [0.717, 1.165) is 11.5 Å². The van der Waals surface area contributed by atoms with Gasteiger partial charge >= 0.3 is 0 Å². The molecule has 0 radical (unpaired) electrons. The highest BCUT2D eigenvalue weighted by molar-refractivity contribution is 8.14. The van der Waals surface area contributed by atoms with Gasteiger partial charge in [0.1, 0.15) is 5.04 Å². The number of rotatable bonds is 0. The Hall–Kier alpha value is -0.440. The van der Waals surface area contributed by atoms with E-state index in [-0.39, 0.29) is 0 Å². The van der Waals surface area contributed by atoms with Crippen LogP contribution in [0.4, 0.5) is 0 Å².